The Hall–Kier alpha value is -2.37. The number of rotatable bonds is 2. The molecule has 4 rings (SSSR count). The van der Waals surface area contributed by atoms with E-state index in [1.165, 1.54) is 0 Å². The molecule has 2 aromatic rings. The third-order valence-electron chi connectivity index (χ3n) is 5.30. The zero-order valence-corrected chi connectivity index (χ0v) is 13.9. The van der Waals surface area contributed by atoms with Gasteiger partial charge in [-0.05, 0) is 56.2 Å². The molecule has 0 aromatic carbocycles. The maximum absolute atomic E-state index is 12.9. The van der Waals surface area contributed by atoms with Crippen LogP contribution >= 0.6 is 0 Å². The van der Waals surface area contributed by atoms with Crippen LogP contribution < -0.4 is 5.56 Å². The van der Waals surface area contributed by atoms with Crippen LogP contribution in [0.1, 0.15) is 58.1 Å². The number of aromatic nitrogens is 3. The van der Waals surface area contributed by atoms with Gasteiger partial charge in [0, 0.05) is 30.4 Å². The second-order valence-electron chi connectivity index (χ2n) is 6.93. The Bertz CT molecular complexity index is 836. The number of piperidine rings is 1. The van der Waals surface area contributed by atoms with E-state index >= 15 is 0 Å². The molecule has 1 fully saturated rings. The third kappa shape index (κ3) is 2.56. The number of hydrogen-bond acceptors (Lipinski definition) is 3. The Labute approximate surface area is 140 Å². The van der Waals surface area contributed by atoms with Crippen LogP contribution in [0.25, 0.3) is 0 Å². The Kier molecular flexibility index (Phi) is 3.75. The number of amides is 1. The summed E-state index contributed by atoms with van der Waals surface area (Å²) in [6.07, 6.45) is 6.70. The van der Waals surface area contributed by atoms with Crippen LogP contribution in [0, 0.1) is 6.92 Å². The summed E-state index contributed by atoms with van der Waals surface area (Å²) in [5, 5.41) is 7.16. The van der Waals surface area contributed by atoms with Crippen LogP contribution in [0.15, 0.2) is 17.1 Å². The third-order valence-corrected chi connectivity index (χ3v) is 5.30. The van der Waals surface area contributed by atoms with Crippen molar-refractivity contribution in [3.05, 3.63) is 50.7 Å². The van der Waals surface area contributed by atoms with Gasteiger partial charge in [0.05, 0.1) is 6.20 Å². The zero-order chi connectivity index (χ0) is 16.7. The van der Waals surface area contributed by atoms with Crippen LogP contribution in [0.4, 0.5) is 0 Å². The lowest BCUT2D eigenvalue weighted by atomic mass is 9.92. The highest BCUT2D eigenvalue weighted by Crippen LogP contribution is 2.28. The first-order valence-corrected chi connectivity index (χ1v) is 8.67. The molecule has 0 unspecified atom stereocenters. The normalized spacial score (nSPS) is 20.2. The second-order valence-corrected chi connectivity index (χ2v) is 6.93. The van der Waals surface area contributed by atoms with Gasteiger partial charge in [-0.1, -0.05) is 0 Å². The molecular weight excluding hydrogens is 304 g/mol. The van der Waals surface area contributed by atoms with Crippen molar-refractivity contribution in [1.29, 1.82) is 0 Å². The van der Waals surface area contributed by atoms with E-state index in [4.69, 9.17) is 0 Å². The molecule has 6 heteroatoms. The molecule has 2 aliphatic rings. The fourth-order valence-corrected chi connectivity index (χ4v) is 4.01. The number of aromatic amines is 2. The average molecular weight is 326 g/mol. The van der Waals surface area contributed by atoms with Crippen molar-refractivity contribution in [3.8, 4) is 0 Å². The minimum Gasteiger partial charge on any atom is -0.338 e. The van der Waals surface area contributed by atoms with E-state index in [0.717, 1.165) is 54.6 Å². The van der Waals surface area contributed by atoms with Crippen LogP contribution in [-0.4, -0.2) is 39.1 Å². The highest BCUT2D eigenvalue weighted by molar-refractivity contribution is 5.94. The Morgan fingerprint density at radius 2 is 2.21 bits per heavy atom. The van der Waals surface area contributed by atoms with Gasteiger partial charge >= 0.3 is 0 Å². The van der Waals surface area contributed by atoms with Gasteiger partial charge in [-0.25, -0.2) is 0 Å². The van der Waals surface area contributed by atoms with E-state index in [0.29, 0.717) is 13.1 Å². The number of carbonyl (C=O) groups is 1. The molecule has 1 aliphatic carbocycles. The molecule has 0 bridgehead atoms. The lowest BCUT2D eigenvalue weighted by Gasteiger charge is -2.32. The molecule has 0 saturated carbocycles. The first-order valence-electron chi connectivity index (χ1n) is 8.67. The van der Waals surface area contributed by atoms with E-state index in [2.05, 4.69) is 15.2 Å². The number of pyridine rings is 1. The van der Waals surface area contributed by atoms with Gasteiger partial charge in [-0.3, -0.25) is 14.7 Å². The molecule has 6 nitrogen and oxygen atoms in total. The molecule has 1 saturated heterocycles. The topological polar surface area (TPSA) is 81.8 Å². The van der Waals surface area contributed by atoms with Crippen molar-refractivity contribution in [2.75, 3.05) is 13.1 Å². The Morgan fingerprint density at radius 1 is 1.33 bits per heavy atom. The minimum absolute atomic E-state index is 0.146. The summed E-state index contributed by atoms with van der Waals surface area (Å²) in [7, 11) is 0. The van der Waals surface area contributed by atoms with Gasteiger partial charge in [-0.2, -0.15) is 5.10 Å². The van der Waals surface area contributed by atoms with Crippen molar-refractivity contribution >= 4 is 5.91 Å². The monoisotopic (exact) mass is 326 g/mol. The summed E-state index contributed by atoms with van der Waals surface area (Å²) in [4.78, 5) is 29.9. The molecule has 0 spiro atoms. The predicted octanol–water partition coefficient (Wildman–Crippen LogP) is 1.91. The van der Waals surface area contributed by atoms with E-state index in [1.54, 1.807) is 0 Å². The number of H-pyrrole nitrogens is 2. The molecular formula is C18H22N4O2. The number of aryl methyl sites for hydroxylation is 3. The smallest absolute Gasteiger partial charge is 0.261 e. The van der Waals surface area contributed by atoms with Gasteiger partial charge in [-0.15, -0.1) is 0 Å². The van der Waals surface area contributed by atoms with Gasteiger partial charge in [0.2, 0.25) is 0 Å². The molecule has 1 amide bonds. The average Bonchev–Trinajstić information content (AvgIpc) is 3.21. The number of likely N-dealkylation sites (tertiary alicyclic amines) is 1. The van der Waals surface area contributed by atoms with Crippen molar-refractivity contribution in [1.82, 2.24) is 20.1 Å². The maximum atomic E-state index is 12.9. The van der Waals surface area contributed by atoms with Crippen molar-refractivity contribution in [2.24, 2.45) is 0 Å². The SMILES string of the molecule is Cc1cn[nH]c1[C@@H]1CCCN(C(=O)c2cc3c([nH]c2=O)CCC3)C1. The quantitative estimate of drug-likeness (QED) is 0.884. The van der Waals surface area contributed by atoms with Crippen LogP contribution in [0.2, 0.25) is 0 Å². The zero-order valence-electron chi connectivity index (χ0n) is 13.9. The largest absolute Gasteiger partial charge is 0.338 e. The second kappa shape index (κ2) is 5.92. The number of nitrogens with one attached hydrogen (secondary N) is 2. The first kappa shape index (κ1) is 15.2. The summed E-state index contributed by atoms with van der Waals surface area (Å²) in [6, 6.07) is 1.81. The fourth-order valence-electron chi connectivity index (χ4n) is 4.01. The van der Waals surface area contributed by atoms with Crippen molar-refractivity contribution in [3.63, 3.8) is 0 Å². The van der Waals surface area contributed by atoms with Crippen molar-refractivity contribution in [2.45, 2.75) is 44.9 Å². The molecule has 3 heterocycles. The van der Waals surface area contributed by atoms with Crippen LogP contribution in [0.3, 0.4) is 0 Å². The van der Waals surface area contributed by atoms with E-state index in [1.807, 2.05) is 24.1 Å². The van der Waals surface area contributed by atoms with E-state index in [-0.39, 0.29) is 22.9 Å². The summed E-state index contributed by atoms with van der Waals surface area (Å²) in [5.41, 5.74) is 4.40. The summed E-state index contributed by atoms with van der Waals surface area (Å²) in [5.74, 6) is 0.117. The predicted molar refractivity (Wildman–Crippen MR) is 90.3 cm³/mol. The van der Waals surface area contributed by atoms with E-state index in [9.17, 15) is 9.59 Å². The summed E-state index contributed by atoms with van der Waals surface area (Å²) >= 11 is 0. The Balaban J connectivity index is 1.58. The van der Waals surface area contributed by atoms with Gasteiger partial charge in [0.15, 0.2) is 0 Å². The number of fused-ring (bicyclic) bond motifs is 1. The van der Waals surface area contributed by atoms with Gasteiger partial charge in [0.25, 0.3) is 11.5 Å². The molecule has 24 heavy (non-hydrogen) atoms. The fraction of sp³-hybridized carbons (Fsp3) is 0.500. The highest BCUT2D eigenvalue weighted by Gasteiger charge is 2.29. The van der Waals surface area contributed by atoms with Crippen LogP contribution in [-0.2, 0) is 12.8 Å². The molecule has 1 atom stereocenters. The standard InChI is InChI=1S/C18H22N4O2/c1-11-9-19-21-16(11)13-5-3-7-22(10-13)18(24)14-8-12-4-2-6-15(12)20-17(14)23/h8-9,13H,2-7,10H2,1H3,(H,19,21)(H,20,23)/t13-/m1/s1. The first-order chi connectivity index (χ1) is 11.6. The van der Waals surface area contributed by atoms with E-state index < -0.39 is 0 Å². The Morgan fingerprint density at radius 3 is 3.00 bits per heavy atom. The lowest BCUT2D eigenvalue weighted by molar-refractivity contribution is 0.0703. The van der Waals surface area contributed by atoms with Crippen LogP contribution in [0.5, 0.6) is 0 Å². The summed E-state index contributed by atoms with van der Waals surface area (Å²) < 4.78 is 0. The molecule has 0 radical (unpaired) electrons. The van der Waals surface area contributed by atoms with Gasteiger partial charge in [0.1, 0.15) is 5.56 Å². The minimum atomic E-state index is -0.250. The van der Waals surface area contributed by atoms with Crippen molar-refractivity contribution < 1.29 is 4.79 Å². The number of hydrogen-bond donors (Lipinski definition) is 2. The highest BCUT2D eigenvalue weighted by atomic mass is 16.2. The maximum Gasteiger partial charge on any atom is 0.261 e. The molecule has 1 aliphatic heterocycles. The summed E-state index contributed by atoms with van der Waals surface area (Å²) in [6.45, 7) is 3.38. The molecule has 2 N–H and O–H groups in total. The van der Waals surface area contributed by atoms with Gasteiger partial charge < -0.3 is 9.88 Å². The number of nitrogens with zero attached hydrogens (tertiary/aromatic N) is 2. The number of carbonyl (C=O) groups excluding carboxylic acids is 1. The lowest BCUT2D eigenvalue weighted by Crippen LogP contribution is -2.41. The molecule has 2 aromatic heterocycles. The molecule has 126 valence electrons.